The van der Waals surface area contributed by atoms with Gasteiger partial charge in [-0.15, -0.1) is 0 Å². The van der Waals surface area contributed by atoms with E-state index in [1.807, 2.05) is 25.2 Å². The van der Waals surface area contributed by atoms with Crippen LogP contribution >= 0.6 is 0 Å². The second-order valence-corrected chi connectivity index (χ2v) is 4.26. The first-order valence-electron chi connectivity index (χ1n) is 5.82. The molecule has 0 heterocycles. The van der Waals surface area contributed by atoms with Gasteiger partial charge in [-0.1, -0.05) is 48.0 Å². The summed E-state index contributed by atoms with van der Waals surface area (Å²) in [5.41, 5.74) is 5.98. The molecule has 0 amide bonds. The van der Waals surface area contributed by atoms with Crippen LogP contribution < -0.4 is 0 Å². The predicted molar refractivity (Wildman–Crippen MR) is 73.9 cm³/mol. The number of aliphatic imine (C=N–C) groups is 1. The SMILES string of the molecule is CN=C(c1ccccc1)c1cc(C)ccc1C. The Morgan fingerprint density at radius 1 is 0.941 bits per heavy atom. The van der Waals surface area contributed by atoms with Crippen LogP contribution in [0.1, 0.15) is 22.3 Å². The Hall–Kier alpha value is -1.89. The zero-order valence-electron chi connectivity index (χ0n) is 10.6. The van der Waals surface area contributed by atoms with Crippen LogP contribution in [0.2, 0.25) is 0 Å². The first kappa shape index (κ1) is 11.6. The number of nitrogens with zero attached hydrogens (tertiary/aromatic N) is 1. The molecular formula is C16H17N. The van der Waals surface area contributed by atoms with Gasteiger partial charge in [0.15, 0.2) is 0 Å². The van der Waals surface area contributed by atoms with E-state index in [1.54, 1.807) is 0 Å². The number of aryl methyl sites for hydroxylation is 2. The lowest BCUT2D eigenvalue weighted by Gasteiger charge is -2.10. The van der Waals surface area contributed by atoms with E-state index in [0.29, 0.717) is 0 Å². The number of hydrogen-bond acceptors (Lipinski definition) is 1. The second kappa shape index (κ2) is 4.96. The van der Waals surface area contributed by atoms with Crippen LogP contribution in [0.25, 0.3) is 0 Å². The fourth-order valence-corrected chi connectivity index (χ4v) is 1.99. The van der Waals surface area contributed by atoms with Crippen molar-refractivity contribution in [3.63, 3.8) is 0 Å². The van der Waals surface area contributed by atoms with Crippen molar-refractivity contribution >= 4 is 5.71 Å². The quantitative estimate of drug-likeness (QED) is 0.687. The highest BCUT2D eigenvalue weighted by Gasteiger charge is 2.08. The molecule has 1 nitrogen and oxygen atoms in total. The van der Waals surface area contributed by atoms with Gasteiger partial charge < -0.3 is 0 Å². The van der Waals surface area contributed by atoms with Gasteiger partial charge in [0.05, 0.1) is 5.71 Å². The Morgan fingerprint density at radius 2 is 1.65 bits per heavy atom. The van der Waals surface area contributed by atoms with Crippen molar-refractivity contribution in [1.82, 2.24) is 0 Å². The molecule has 2 aromatic carbocycles. The van der Waals surface area contributed by atoms with Crippen LogP contribution in [-0.2, 0) is 0 Å². The maximum atomic E-state index is 4.45. The molecule has 0 N–H and O–H groups in total. The molecule has 0 aliphatic heterocycles. The van der Waals surface area contributed by atoms with Crippen LogP contribution in [0, 0.1) is 13.8 Å². The molecule has 0 saturated heterocycles. The summed E-state index contributed by atoms with van der Waals surface area (Å²) < 4.78 is 0. The van der Waals surface area contributed by atoms with E-state index < -0.39 is 0 Å². The van der Waals surface area contributed by atoms with Crippen molar-refractivity contribution in [2.45, 2.75) is 13.8 Å². The average molecular weight is 223 g/mol. The largest absolute Gasteiger partial charge is 0.287 e. The third-order valence-corrected chi connectivity index (χ3v) is 2.92. The van der Waals surface area contributed by atoms with Crippen LogP contribution in [-0.4, -0.2) is 12.8 Å². The fourth-order valence-electron chi connectivity index (χ4n) is 1.99. The maximum absolute atomic E-state index is 4.45. The third kappa shape index (κ3) is 2.44. The monoisotopic (exact) mass is 223 g/mol. The average Bonchev–Trinajstić information content (AvgIpc) is 2.36. The van der Waals surface area contributed by atoms with E-state index in [9.17, 15) is 0 Å². The molecule has 0 fully saturated rings. The zero-order chi connectivity index (χ0) is 12.3. The Balaban J connectivity index is 2.54. The summed E-state index contributed by atoms with van der Waals surface area (Å²) in [5.74, 6) is 0. The normalized spacial score (nSPS) is 11.6. The van der Waals surface area contributed by atoms with E-state index in [1.165, 1.54) is 22.3 Å². The van der Waals surface area contributed by atoms with Gasteiger partial charge in [0.1, 0.15) is 0 Å². The van der Waals surface area contributed by atoms with Gasteiger partial charge in [-0.2, -0.15) is 0 Å². The summed E-state index contributed by atoms with van der Waals surface area (Å²) in [5, 5.41) is 0. The summed E-state index contributed by atoms with van der Waals surface area (Å²) in [6.45, 7) is 4.24. The molecule has 0 spiro atoms. The molecular weight excluding hydrogens is 206 g/mol. The summed E-state index contributed by atoms with van der Waals surface area (Å²) in [6, 6.07) is 16.8. The number of benzene rings is 2. The molecule has 0 atom stereocenters. The van der Waals surface area contributed by atoms with Gasteiger partial charge in [0, 0.05) is 18.2 Å². The fraction of sp³-hybridized carbons (Fsp3) is 0.188. The molecule has 17 heavy (non-hydrogen) atoms. The van der Waals surface area contributed by atoms with Crippen molar-refractivity contribution in [1.29, 1.82) is 0 Å². The molecule has 86 valence electrons. The molecule has 0 unspecified atom stereocenters. The maximum Gasteiger partial charge on any atom is 0.0718 e. The van der Waals surface area contributed by atoms with Crippen LogP contribution in [0.3, 0.4) is 0 Å². The van der Waals surface area contributed by atoms with Crippen LogP contribution in [0.15, 0.2) is 53.5 Å². The highest BCUT2D eigenvalue weighted by Crippen LogP contribution is 2.16. The van der Waals surface area contributed by atoms with Gasteiger partial charge in [0.25, 0.3) is 0 Å². The Kier molecular flexibility index (Phi) is 3.38. The van der Waals surface area contributed by atoms with Gasteiger partial charge in [-0.05, 0) is 25.5 Å². The molecule has 0 aromatic heterocycles. The summed E-state index contributed by atoms with van der Waals surface area (Å²) in [7, 11) is 1.85. The minimum atomic E-state index is 1.06. The lowest BCUT2D eigenvalue weighted by Crippen LogP contribution is -2.05. The summed E-state index contributed by atoms with van der Waals surface area (Å²) >= 11 is 0. The predicted octanol–water partition coefficient (Wildman–Crippen LogP) is 3.77. The topological polar surface area (TPSA) is 12.4 Å². The molecule has 0 radical (unpaired) electrons. The standard InChI is InChI=1S/C16H17N/c1-12-9-10-13(2)15(11-12)16(17-3)14-7-5-4-6-8-14/h4-11H,1-3H3. The van der Waals surface area contributed by atoms with Gasteiger partial charge >= 0.3 is 0 Å². The molecule has 2 rings (SSSR count). The van der Waals surface area contributed by atoms with Crippen LogP contribution in [0.4, 0.5) is 0 Å². The minimum Gasteiger partial charge on any atom is -0.287 e. The third-order valence-electron chi connectivity index (χ3n) is 2.92. The second-order valence-electron chi connectivity index (χ2n) is 4.26. The molecule has 0 aliphatic carbocycles. The van der Waals surface area contributed by atoms with Crippen molar-refractivity contribution < 1.29 is 0 Å². The highest BCUT2D eigenvalue weighted by molar-refractivity contribution is 6.13. The molecule has 2 aromatic rings. The Morgan fingerprint density at radius 3 is 2.29 bits per heavy atom. The first-order chi connectivity index (χ1) is 8.22. The van der Waals surface area contributed by atoms with E-state index >= 15 is 0 Å². The van der Waals surface area contributed by atoms with Crippen molar-refractivity contribution in [2.75, 3.05) is 7.05 Å². The number of rotatable bonds is 2. The smallest absolute Gasteiger partial charge is 0.0718 e. The van der Waals surface area contributed by atoms with Crippen molar-refractivity contribution in [3.8, 4) is 0 Å². The Bertz CT molecular complexity index is 539. The number of hydrogen-bond donors (Lipinski definition) is 0. The summed E-state index contributed by atoms with van der Waals surface area (Å²) in [4.78, 5) is 4.45. The van der Waals surface area contributed by atoms with Crippen molar-refractivity contribution in [3.05, 3.63) is 70.8 Å². The zero-order valence-corrected chi connectivity index (χ0v) is 10.6. The Labute approximate surface area is 103 Å². The van der Waals surface area contributed by atoms with Gasteiger partial charge in [-0.25, -0.2) is 0 Å². The highest BCUT2D eigenvalue weighted by atomic mass is 14.7. The molecule has 0 saturated carbocycles. The van der Waals surface area contributed by atoms with Gasteiger partial charge in [0.2, 0.25) is 0 Å². The lowest BCUT2D eigenvalue weighted by molar-refractivity contribution is 1.34. The summed E-state index contributed by atoms with van der Waals surface area (Å²) in [6.07, 6.45) is 0. The molecule has 0 aliphatic rings. The first-order valence-corrected chi connectivity index (χ1v) is 5.82. The van der Waals surface area contributed by atoms with Crippen LogP contribution in [0.5, 0.6) is 0 Å². The van der Waals surface area contributed by atoms with Gasteiger partial charge in [-0.3, -0.25) is 4.99 Å². The molecule has 1 heteroatoms. The minimum absolute atomic E-state index is 1.06. The lowest BCUT2D eigenvalue weighted by atomic mass is 9.96. The van der Waals surface area contributed by atoms with E-state index in [0.717, 1.165) is 5.71 Å². The van der Waals surface area contributed by atoms with E-state index in [2.05, 4.69) is 49.2 Å². The van der Waals surface area contributed by atoms with E-state index in [-0.39, 0.29) is 0 Å². The molecule has 0 bridgehead atoms. The van der Waals surface area contributed by atoms with E-state index in [4.69, 9.17) is 0 Å². The van der Waals surface area contributed by atoms with Crippen molar-refractivity contribution in [2.24, 2.45) is 4.99 Å².